The third kappa shape index (κ3) is 3.55. The van der Waals surface area contributed by atoms with Crippen molar-refractivity contribution in [3.05, 3.63) is 41.2 Å². The Labute approximate surface area is 155 Å². The van der Waals surface area contributed by atoms with Crippen LogP contribution in [0.25, 0.3) is 4.96 Å². The zero-order valence-electron chi connectivity index (χ0n) is 14.7. The Kier molecular flexibility index (Phi) is 4.83. The topological polar surface area (TPSA) is 72.6 Å². The van der Waals surface area contributed by atoms with Crippen molar-refractivity contribution in [2.45, 2.75) is 32.1 Å². The fourth-order valence-corrected chi connectivity index (χ4v) is 4.26. The smallest absolute Gasteiger partial charge is 0.234 e. The van der Waals surface area contributed by atoms with Crippen LogP contribution in [0.15, 0.2) is 30.6 Å². The van der Waals surface area contributed by atoms with Gasteiger partial charge >= 0.3 is 0 Å². The van der Waals surface area contributed by atoms with E-state index in [4.69, 9.17) is 4.74 Å². The average Bonchev–Trinajstić information content (AvgIpc) is 3.26. The van der Waals surface area contributed by atoms with E-state index >= 15 is 0 Å². The van der Waals surface area contributed by atoms with Gasteiger partial charge in [0.05, 0.1) is 13.0 Å². The Bertz CT molecular complexity index is 852. The summed E-state index contributed by atoms with van der Waals surface area (Å²) in [7, 11) is 0. The average molecular weight is 371 g/mol. The van der Waals surface area contributed by atoms with Crippen molar-refractivity contribution in [1.82, 2.24) is 24.7 Å². The van der Waals surface area contributed by atoms with Gasteiger partial charge in [-0.2, -0.15) is 9.61 Å². The van der Waals surface area contributed by atoms with Gasteiger partial charge in [-0.05, 0) is 37.5 Å². The molecular formula is C18H21N5O2S. The third-order valence-corrected chi connectivity index (χ3v) is 5.76. The molecule has 7 nitrogen and oxygen atoms in total. The molecule has 3 heterocycles. The first-order valence-electron chi connectivity index (χ1n) is 8.89. The lowest BCUT2D eigenvalue weighted by Gasteiger charge is -2.31. The lowest BCUT2D eigenvalue weighted by molar-refractivity contribution is -0.131. The molecule has 0 bridgehead atoms. The largest absolute Gasteiger partial charge is 0.494 e. The summed E-state index contributed by atoms with van der Waals surface area (Å²) < 4.78 is 7.17. The maximum absolute atomic E-state index is 12.6. The summed E-state index contributed by atoms with van der Waals surface area (Å²) in [6.45, 7) is 4.16. The number of fused-ring (bicyclic) bond motifs is 1. The minimum Gasteiger partial charge on any atom is -0.494 e. The number of aromatic nitrogens is 4. The minimum absolute atomic E-state index is 0.186. The van der Waals surface area contributed by atoms with Crippen LogP contribution in [0, 0.1) is 0 Å². The van der Waals surface area contributed by atoms with E-state index in [0.29, 0.717) is 18.9 Å². The van der Waals surface area contributed by atoms with E-state index in [0.717, 1.165) is 47.2 Å². The van der Waals surface area contributed by atoms with Gasteiger partial charge in [0.15, 0.2) is 0 Å². The molecular weight excluding hydrogens is 350 g/mol. The van der Waals surface area contributed by atoms with E-state index in [-0.39, 0.29) is 5.91 Å². The molecule has 1 aliphatic heterocycles. The van der Waals surface area contributed by atoms with Crippen LogP contribution in [-0.4, -0.2) is 50.3 Å². The number of benzene rings is 1. The Morgan fingerprint density at radius 1 is 1.27 bits per heavy atom. The molecule has 2 aromatic heterocycles. The van der Waals surface area contributed by atoms with E-state index in [1.165, 1.54) is 0 Å². The van der Waals surface area contributed by atoms with Crippen molar-refractivity contribution in [2.75, 3.05) is 19.7 Å². The molecule has 0 atom stereocenters. The van der Waals surface area contributed by atoms with Crippen LogP contribution in [0.4, 0.5) is 0 Å². The van der Waals surface area contributed by atoms with Gasteiger partial charge in [-0.25, -0.2) is 0 Å². The summed E-state index contributed by atoms with van der Waals surface area (Å²) in [5.41, 5.74) is 1.02. The van der Waals surface area contributed by atoms with Crippen LogP contribution < -0.4 is 4.74 Å². The molecule has 3 aromatic rings. The second-order valence-electron chi connectivity index (χ2n) is 6.41. The maximum atomic E-state index is 12.6. The first-order chi connectivity index (χ1) is 12.7. The summed E-state index contributed by atoms with van der Waals surface area (Å²) in [6, 6.07) is 7.78. The van der Waals surface area contributed by atoms with Gasteiger partial charge in [-0.3, -0.25) is 4.79 Å². The number of hydrogen-bond acceptors (Lipinski definition) is 6. The second-order valence-corrected chi connectivity index (χ2v) is 7.39. The van der Waals surface area contributed by atoms with Gasteiger partial charge in [0.25, 0.3) is 0 Å². The molecule has 1 aliphatic rings. The number of amides is 1. The molecule has 26 heavy (non-hydrogen) atoms. The number of carbonyl (C=O) groups excluding carboxylic acids is 1. The summed E-state index contributed by atoms with van der Waals surface area (Å²) >= 11 is 1.59. The fraction of sp³-hybridized carbons (Fsp3) is 0.444. The fourth-order valence-electron chi connectivity index (χ4n) is 3.27. The first kappa shape index (κ1) is 17.0. The maximum Gasteiger partial charge on any atom is 0.234 e. The Balaban J connectivity index is 1.32. The predicted octanol–water partition coefficient (Wildman–Crippen LogP) is 2.53. The van der Waals surface area contributed by atoms with E-state index < -0.39 is 0 Å². The van der Waals surface area contributed by atoms with Gasteiger partial charge < -0.3 is 9.64 Å². The van der Waals surface area contributed by atoms with Crippen molar-refractivity contribution in [3.63, 3.8) is 0 Å². The molecule has 0 unspecified atom stereocenters. The van der Waals surface area contributed by atoms with Crippen LogP contribution in [0.2, 0.25) is 0 Å². The van der Waals surface area contributed by atoms with Gasteiger partial charge in [0.2, 0.25) is 10.9 Å². The zero-order valence-corrected chi connectivity index (χ0v) is 15.5. The number of piperidine rings is 1. The number of hydrogen-bond donors (Lipinski definition) is 0. The molecule has 4 rings (SSSR count). The van der Waals surface area contributed by atoms with E-state index in [1.807, 2.05) is 36.1 Å². The highest BCUT2D eigenvalue weighted by atomic mass is 32.1. The van der Waals surface area contributed by atoms with Crippen LogP contribution >= 0.6 is 11.3 Å². The number of likely N-dealkylation sites (tertiary alicyclic amines) is 1. The molecule has 1 fully saturated rings. The lowest BCUT2D eigenvalue weighted by atomic mass is 9.97. The summed E-state index contributed by atoms with van der Waals surface area (Å²) in [4.78, 5) is 15.4. The quantitative estimate of drug-likeness (QED) is 0.689. The van der Waals surface area contributed by atoms with E-state index in [2.05, 4.69) is 15.3 Å². The summed E-state index contributed by atoms with van der Waals surface area (Å²) in [6.07, 6.45) is 3.96. The standard InChI is InChI=1S/C18H21N5O2S/c1-2-25-15-5-3-13(4-6-15)11-16(24)22-9-7-14(8-10-22)17-21-23-12-19-20-18(23)26-17/h3-6,12,14H,2,7-11H2,1H3. The molecule has 1 saturated heterocycles. The highest BCUT2D eigenvalue weighted by Gasteiger charge is 2.26. The molecule has 1 aromatic carbocycles. The van der Waals surface area contributed by atoms with Crippen molar-refractivity contribution in [1.29, 1.82) is 0 Å². The normalized spacial score (nSPS) is 15.5. The summed E-state index contributed by atoms with van der Waals surface area (Å²) in [5, 5.41) is 13.5. The first-order valence-corrected chi connectivity index (χ1v) is 9.71. The lowest BCUT2D eigenvalue weighted by Crippen LogP contribution is -2.38. The van der Waals surface area contributed by atoms with Gasteiger partial charge in [0.1, 0.15) is 17.1 Å². The number of rotatable bonds is 5. The Morgan fingerprint density at radius 2 is 2.04 bits per heavy atom. The zero-order chi connectivity index (χ0) is 17.9. The van der Waals surface area contributed by atoms with Crippen LogP contribution in [-0.2, 0) is 11.2 Å². The molecule has 0 radical (unpaired) electrons. The number of nitrogens with zero attached hydrogens (tertiary/aromatic N) is 5. The van der Waals surface area contributed by atoms with Crippen LogP contribution in [0.3, 0.4) is 0 Å². The number of carbonyl (C=O) groups is 1. The molecule has 8 heteroatoms. The summed E-state index contributed by atoms with van der Waals surface area (Å²) in [5.74, 6) is 1.43. The van der Waals surface area contributed by atoms with Crippen LogP contribution in [0.1, 0.15) is 36.3 Å². The predicted molar refractivity (Wildman–Crippen MR) is 98.5 cm³/mol. The van der Waals surface area contributed by atoms with Gasteiger partial charge in [-0.1, -0.05) is 23.5 Å². The molecule has 0 aliphatic carbocycles. The van der Waals surface area contributed by atoms with E-state index in [1.54, 1.807) is 22.2 Å². The van der Waals surface area contributed by atoms with Crippen molar-refractivity contribution < 1.29 is 9.53 Å². The van der Waals surface area contributed by atoms with Crippen molar-refractivity contribution >= 4 is 22.2 Å². The highest BCUT2D eigenvalue weighted by molar-refractivity contribution is 7.16. The SMILES string of the molecule is CCOc1ccc(CC(=O)N2CCC(c3nn4cnnc4s3)CC2)cc1. The van der Waals surface area contributed by atoms with Gasteiger partial charge in [-0.15, -0.1) is 10.2 Å². The van der Waals surface area contributed by atoms with Crippen LogP contribution in [0.5, 0.6) is 5.75 Å². The highest BCUT2D eigenvalue weighted by Crippen LogP contribution is 2.31. The molecule has 0 spiro atoms. The Hall–Kier alpha value is -2.48. The number of ether oxygens (including phenoxy) is 1. The second kappa shape index (κ2) is 7.41. The Morgan fingerprint density at radius 3 is 2.73 bits per heavy atom. The van der Waals surface area contributed by atoms with Crippen molar-refractivity contribution in [2.24, 2.45) is 0 Å². The van der Waals surface area contributed by atoms with Crippen molar-refractivity contribution in [3.8, 4) is 5.75 Å². The third-order valence-electron chi connectivity index (χ3n) is 4.69. The minimum atomic E-state index is 0.186. The molecule has 1 amide bonds. The monoisotopic (exact) mass is 371 g/mol. The van der Waals surface area contributed by atoms with Gasteiger partial charge in [0, 0.05) is 19.0 Å². The molecule has 0 saturated carbocycles. The molecule has 0 N–H and O–H groups in total. The molecule has 136 valence electrons. The van der Waals surface area contributed by atoms with E-state index in [9.17, 15) is 4.79 Å².